The van der Waals surface area contributed by atoms with E-state index in [1.807, 2.05) is 0 Å². The Balaban J connectivity index is -0.00000000267. The topological polar surface area (TPSA) is 47.6 Å². The van der Waals surface area contributed by atoms with Crippen LogP contribution in [0.4, 0.5) is 0 Å². The Labute approximate surface area is 65.5 Å². The first-order chi connectivity index (χ1) is 2.00. The molecule has 0 bridgehead atoms. The molecule has 0 aliphatic rings. The van der Waals surface area contributed by atoms with Gasteiger partial charge in [-0.25, -0.2) is 0 Å². The minimum Gasteiger partial charge on any atom is -0.512 e. The third kappa shape index (κ3) is 270000. The summed E-state index contributed by atoms with van der Waals surface area (Å²) in [7, 11) is 0. The molecule has 0 amide bonds. The van der Waals surface area contributed by atoms with Gasteiger partial charge in [0.05, 0.1) is 0 Å². The molecule has 0 heterocycles. The van der Waals surface area contributed by atoms with Crippen molar-refractivity contribution in [3.8, 4) is 0 Å². The minimum absolute atomic E-state index is 0. The molecule has 47 valence electrons. The van der Waals surface area contributed by atoms with Crippen LogP contribution in [-0.4, -0.2) is 0 Å². The van der Waals surface area contributed by atoms with E-state index in [0.717, 1.165) is 0 Å². The van der Waals surface area contributed by atoms with Gasteiger partial charge in [0.2, 0.25) is 0 Å². The van der Waals surface area contributed by atoms with Crippen LogP contribution < -0.4 is 0 Å². The van der Waals surface area contributed by atoms with E-state index in [1.165, 1.54) is 0 Å². The van der Waals surface area contributed by atoms with Gasteiger partial charge >= 0.3 is 34.1 Å². The monoisotopic (exact) mass is 193 g/mol. The van der Waals surface area contributed by atoms with Gasteiger partial charge < -0.3 is 31.1 Å². The van der Waals surface area contributed by atoms with E-state index in [-0.39, 0.29) is 41.6 Å². The van der Waals surface area contributed by atoms with E-state index in [9.17, 15) is 0 Å². The number of nitrogens with zero attached hydrogens (tertiary/aromatic N) is 2. The molecule has 0 fully saturated rings. The third-order valence-corrected chi connectivity index (χ3v) is 0. The predicted molar refractivity (Wildman–Crippen MR) is 16.4 cm³/mol. The standard InChI is InChI=1S/2CN.CH3.2Cu/c2*1-2;;;/h;;1H3;;/q3*-1;+1;+2. The first-order valence-corrected chi connectivity index (χ1v) is 0.447. The Kier molecular flexibility index (Phi) is 3760000. The van der Waals surface area contributed by atoms with Gasteiger partial charge in [-0.2, -0.15) is 0 Å². The molecule has 4 heteroatoms. The van der Waals surface area contributed by atoms with Crippen molar-refractivity contribution in [2.75, 3.05) is 0 Å². The Morgan fingerprint density at radius 1 is 0.857 bits per heavy atom. The van der Waals surface area contributed by atoms with Gasteiger partial charge in [-0.15, -0.1) is 0 Å². The SMILES string of the molecule is [C-]#N.[C-]#N.[CH3-].[Cu+2].[Cu+]. The van der Waals surface area contributed by atoms with Crippen molar-refractivity contribution < 1.29 is 34.1 Å². The molecule has 1 radical (unpaired) electrons. The fraction of sp³-hybridized carbons (Fsp3) is 0. The summed E-state index contributed by atoms with van der Waals surface area (Å²) in [6, 6.07) is 0. The predicted octanol–water partition coefficient (Wildman–Crippen LogP) is 0.638. The van der Waals surface area contributed by atoms with Crippen molar-refractivity contribution in [1.82, 2.24) is 0 Å². The third-order valence-electron chi connectivity index (χ3n) is 0. The van der Waals surface area contributed by atoms with Crippen molar-refractivity contribution in [2.24, 2.45) is 0 Å². The maximum absolute atomic E-state index is 6.25. The summed E-state index contributed by atoms with van der Waals surface area (Å²) < 4.78 is 0. The van der Waals surface area contributed by atoms with Crippen LogP contribution in [0.15, 0.2) is 0 Å². The maximum atomic E-state index is 6.25. The molecular weight excluding hydrogens is 191 g/mol. The van der Waals surface area contributed by atoms with Crippen LogP contribution in [0, 0.1) is 31.1 Å². The summed E-state index contributed by atoms with van der Waals surface area (Å²) in [5.41, 5.74) is 0. The Morgan fingerprint density at radius 3 is 0.857 bits per heavy atom. The number of rotatable bonds is 0. The van der Waals surface area contributed by atoms with Crippen LogP contribution in [0.3, 0.4) is 0 Å². The second-order valence-electron chi connectivity index (χ2n) is 0. The Bertz CT molecular complexity index is 26.4. The Morgan fingerprint density at radius 2 is 0.857 bits per heavy atom. The van der Waals surface area contributed by atoms with Crippen LogP contribution >= 0.6 is 0 Å². The van der Waals surface area contributed by atoms with Gasteiger partial charge in [0.15, 0.2) is 0 Å². The average molecular weight is 194 g/mol. The van der Waals surface area contributed by atoms with E-state index in [1.54, 1.807) is 0 Å². The van der Waals surface area contributed by atoms with E-state index < -0.39 is 0 Å². The van der Waals surface area contributed by atoms with Gasteiger partial charge in [0, 0.05) is 0 Å². The molecule has 7 heavy (non-hydrogen) atoms. The molecule has 0 saturated heterocycles. The van der Waals surface area contributed by atoms with Crippen LogP contribution in [0.2, 0.25) is 0 Å². The quantitative estimate of drug-likeness (QED) is 0.419. The number of hydrogen-bond acceptors (Lipinski definition) is 2. The summed E-state index contributed by atoms with van der Waals surface area (Å²) in [5.74, 6) is 0. The van der Waals surface area contributed by atoms with E-state index in [2.05, 4.69) is 0 Å². The van der Waals surface area contributed by atoms with E-state index >= 15 is 0 Å². The summed E-state index contributed by atoms with van der Waals surface area (Å²) in [4.78, 5) is 0. The van der Waals surface area contributed by atoms with Gasteiger partial charge in [0.1, 0.15) is 0 Å². The normalized spacial score (nSPS) is 0.571. The molecule has 2 nitrogen and oxygen atoms in total. The van der Waals surface area contributed by atoms with Crippen LogP contribution in [0.5, 0.6) is 0 Å². The van der Waals surface area contributed by atoms with Crippen molar-refractivity contribution in [3.63, 3.8) is 0 Å². The average Bonchev–Trinajstić information content (AvgIpc) is 1.50. The molecule has 0 aromatic rings. The zero-order valence-electron chi connectivity index (χ0n) is 3.50. The largest absolute Gasteiger partial charge is 2.00 e. The van der Waals surface area contributed by atoms with Crippen molar-refractivity contribution in [2.45, 2.75) is 0 Å². The number of hydrogen-bond donors (Lipinski definition) is 0. The molecule has 0 aromatic heterocycles. The molecule has 0 aliphatic carbocycles. The summed E-state index contributed by atoms with van der Waals surface area (Å²) in [6.07, 6.45) is 0. The van der Waals surface area contributed by atoms with E-state index in [0.29, 0.717) is 0 Å². The minimum atomic E-state index is 0. The van der Waals surface area contributed by atoms with E-state index in [4.69, 9.17) is 23.7 Å². The summed E-state index contributed by atoms with van der Waals surface area (Å²) >= 11 is 0. The van der Waals surface area contributed by atoms with Crippen LogP contribution in [0.25, 0.3) is 0 Å². The molecule has 0 spiro atoms. The van der Waals surface area contributed by atoms with Gasteiger partial charge in [-0.1, -0.05) is 0 Å². The second kappa shape index (κ2) is 422000. The summed E-state index contributed by atoms with van der Waals surface area (Å²) in [5, 5.41) is 12.5. The molecule has 0 unspecified atom stereocenters. The summed E-state index contributed by atoms with van der Waals surface area (Å²) in [6.45, 7) is 9.50. The maximum Gasteiger partial charge on any atom is 2.00 e. The first kappa shape index (κ1) is 62.4. The van der Waals surface area contributed by atoms with Crippen molar-refractivity contribution in [3.05, 3.63) is 20.6 Å². The fourth-order valence-electron chi connectivity index (χ4n) is 0. The van der Waals surface area contributed by atoms with Crippen molar-refractivity contribution in [1.29, 1.82) is 10.5 Å². The van der Waals surface area contributed by atoms with Crippen molar-refractivity contribution >= 4 is 0 Å². The molecule has 0 saturated carbocycles. The van der Waals surface area contributed by atoms with Crippen LogP contribution in [-0.2, 0) is 34.1 Å². The molecular formula is C3H3Cu2N2. The smallest absolute Gasteiger partial charge is 0.512 e. The fourth-order valence-corrected chi connectivity index (χ4v) is 0. The second-order valence-corrected chi connectivity index (χ2v) is 0. The zero-order valence-corrected chi connectivity index (χ0v) is 5.38. The zero-order chi connectivity index (χ0) is 4.00. The molecule has 0 atom stereocenters. The molecule has 0 aromatic carbocycles. The Hall–Kier alpha value is 0.0190. The molecule has 0 N–H and O–H groups in total. The molecule has 0 rings (SSSR count). The van der Waals surface area contributed by atoms with Gasteiger partial charge in [0.25, 0.3) is 0 Å². The van der Waals surface area contributed by atoms with Gasteiger partial charge in [-0.05, 0) is 0 Å². The first-order valence-electron chi connectivity index (χ1n) is 0.447. The van der Waals surface area contributed by atoms with Crippen LogP contribution in [0.1, 0.15) is 0 Å². The molecule has 0 aliphatic heterocycles. The van der Waals surface area contributed by atoms with Gasteiger partial charge in [-0.3, -0.25) is 0 Å².